The second-order valence-corrected chi connectivity index (χ2v) is 8.92. The number of carbonyl (C=O) groups excluding carboxylic acids is 1. The zero-order chi connectivity index (χ0) is 17.9. The maximum atomic E-state index is 12.9. The van der Waals surface area contributed by atoms with Crippen LogP contribution in [0.2, 0.25) is 0 Å². The number of hydrogen-bond acceptors (Lipinski definition) is 3. The molecule has 2 rings (SSSR count). The molecule has 1 aromatic carbocycles. The summed E-state index contributed by atoms with van der Waals surface area (Å²) in [6, 6.07) is 5.25. The van der Waals surface area contributed by atoms with E-state index >= 15 is 0 Å². The van der Waals surface area contributed by atoms with E-state index in [1.54, 1.807) is 17.0 Å². The van der Waals surface area contributed by atoms with Crippen LogP contribution in [0.4, 0.5) is 0 Å². The maximum absolute atomic E-state index is 12.9. The second kappa shape index (κ2) is 7.66. The molecule has 6 heteroatoms. The van der Waals surface area contributed by atoms with Gasteiger partial charge in [-0.1, -0.05) is 19.9 Å². The molecule has 0 atom stereocenters. The summed E-state index contributed by atoms with van der Waals surface area (Å²) in [6.07, 6.45) is 1.19. The highest BCUT2D eigenvalue weighted by atomic mass is 32.2. The third-order valence-electron chi connectivity index (χ3n) is 4.51. The van der Waals surface area contributed by atoms with E-state index in [1.807, 2.05) is 33.8 Å². The van der Waals surface area contributed by atoms with Crippen molar-refractivity contribution in [1.82, 2.24) is 9.21 Å². The standard InChI is InChI=1S/C18H28N2O3S/c1-14(2)12-18(21)19-8-5-9-20(11-10-19)24(22,23)17-7-6-15(3)16(4)13-17/h6-7,13-14H,5,8-12H2,1-4H3. The predicted octanol–water partition coefficient (Wildman–Crippen LogP) is 2.57. The van der Waals surface area contributed by atoms with Gasteiger partial charge in [0.05, 0.1) is 4.90 Å². The van der Waals surface area contributed by atoms with Crippen molar-refractivity contribution in [2.75, 3.05) is 26.2 Å². The molecule has 0 radical (unpaired) electrons. The van der Waals surface area contributed by atoms with Crippen molar-refractivity contribution in [2.24, 2.45) is 5.92 Å². The topological polar surface area (TPSA) is 57.7 Å². The Kier molecular flexibility index (Phi) is 6.04. The molecule has 1 aliphatic heterocycles. The molecule has 0 aliphatic carbocycles. The lowest BCUT2D eigenvalue weighted by atomic mass is 10.1. The van der Waals surface area contributed by atoms with E-state index in [0.717, 1.165) is 11.1 Å². The molecule has 1 fully saturated rings. The minimum atomic E-state index is -3.50. The number of amides is 1. The largest absolute Gasteiger partial charge is 0.341 e. The van der Waals surface area contributed by atoms with Gasteiger partial charge >= 0.3 is 0 Å². The number of rotatable bonds is 4. The molecular formula is C18H28N2O3S. The summed E-state index contributed by atoms with van der Waals surface area (Å²) in [7, 11) is -3.50. The van der Waals surface area contributed by atoms with Gasteiger partial charge in [-0.2, -0.15) is 4.31 Å². The third kappa shape index (κ3) is 4.36. The fourth-order valence-electron chi connectivity index (χ4n) is 2.89. The number of sulfonamides is 1. The number of aryl methyl sites for hydroxylation is 2. The third-order valence-corrected chi connectivity index (χ3v) is 6.40. The zero-order valence-electron chi connectivity index (χ0n) is 15.1. The van der Waals surface area contributed by atoms with Gasteiger partial charge in [0.25, 0.3) is 0 Å². The van der Waals surface area contributed by atoms with E-state index in [1.165, 1.54) is 4.31 Å². The lowest BCUT2D eigenvalue weighted by Crippen LogP contribution is -2.37. The van der Waals surface area contributed by atoms with E-state index in [0.29, 0.717) is 49.8 Å². The number of carbonyl (C=O) groups is 1. The average molecular weight is 353 g/mol. The van der Waals surface area contributed by atoms with E-state index in [9.17, 15) is 13.2 Å². The lowest BCUT2D eigenvalue weighted by Gasteiger charge is -2.23. The van der Waals surface area contributed by atoms with Crippen molar-refractivity contribution in [2.45, 2.75) is 45.4 Å². The van der Waals surface area contributed by atoms with Gasteiger partial charge in [-0.3, -0.25) is 4.79 Å². The van der Waals surface area contributed by atoms with Crippen LogP contribution in [0.3, 0.4) is 0 Å². The Morgan fingerprint density at radius 2 is 1.79 bits per heavy atom. The fourth-order valence-corrected chi connectivity index (χ4v) is 4.44. The lowest BCUT2D eigenvalue weighted by molar-refractivity contribution is -0.131. The molecule has 0 bridgehead atoms. The monoisotopic (exact) mass is 352 g/mol. The SMILES string of the molecule is Cc1ccc(S(=O)(=O)N2CCCN(C(=O)CC(C)C)CC2)cc1C. The van der Waals surface area contributed by atoms with E-state index in [-0.39, 0.29) is 5.91 Å². The number of nitrogens with zero attached hydrogens (tertiary/aromatic N) is 2. The molecule has 0 saturated carbocycles. The van der Waals surface area contributed by atoms with Gasteiger partial charge in [0, 0.05) is 32.6 Å². The molecule has 24 heavy (non-hydrogen) atoms. The van der Waals surface area contributed by atoms with E-state index in [2.05, 4.69) is 0 Å². The molecule has 0 aromatic heterocycles. The van der Waals surface area contributed by atoms with E-state index in [4.69, 9.17) is 0 Å². The highest BCUT2D eigenvalue weighted by Gasteiger charge is 2.28. The van der Waals surface area contributed by atoms with Crippen molar-refractivity contribution >= 4 is 15.9 Å². The first-order valence-corrected chi connectivity index (χ1v) is 10.0. The summed E-state index contributed by atoms with van der Waals surface area (Å²) in [6.45, 7) is 9.84. The summed E-state index contributed by atoms with van der Waals surface area (Å²) in [5, 5.41) is 0. The molecular weight excluding hydrogens is 324 g/mol. The molecule has 0 N–H and O–H groups in total. The van der Waals surface area contributed by atoms with Crippen LogP contribution in [0.15, 0.2) is 23.1 Å². The highest BCUT2D eigenvalue weighted by molar-refractivity contribution is 7.89. The van der Waals surface area contributed by atoms with Gasteiger partial charge < -0.3 is 4.90 Å². The van der Waals surface area contributed by atoms with Crippen molar-refractivity contribution in [3.8, 4) is 0 Å². The van der Waals surface area contributed by atoms with Crippen LogP contribution in [0.25, 0.3) is 0 Å². The molecule has 5 nitrogen and oxygen atoms in total. The first kappa shape index (κ1) is 18.9. The Morgan fingerprint density at radius 3 is 2.42 bits per heavy atom. The minimum absolute atomic E-state index is 0.121. The van der Waals surface area contributed by atoms with Crippen molar-refractivity contribution < 1.29 is 13.2 Å². The Labute approximate surface area is 145 Å². The first-order valence-electron chi connectivity index (χ1n) is 8.57. The van der Waals surface area contributed by atoms with Crippen LogP contribution >= 0.6 is 0 Å². The molecule has 134 valence electrons. The second-order valence-electron chi connectivity index (χ2n) is 6.98. The Hall–Kier alpha value is -1.40. The Balaban J connectivity index is 2.12. The summed E-state index contributed by atoms with van der Waals surface area (Å²) in [5.74, 6) is 0.437. The molecule has 1 saturated heterocycles. The van der Waals surface area contributed by atoms with Crippen LogP contribution in [0.1, 0.15) is 37.8 Å². The van der Waals surface area contributed by atoms with Crippen LogP contribution in [0.5, 0.6) is 0 Å². The summed E-state index contributed by atoms with van der Waals surface area (Å²) >= 11 is 0. The maximum Gasteiger partial charge on any atom is 0.243 e. The fraction of sp³-hybridized carbons (Fsp3) is 0.611. The highest BCUT2D eigenvalue weighted by Crippen LogP contribution is 2.21. The molecule has 0 spiro atoms. The number of hydrogen-bond donors (Lipinski definition) is 0. The molecule has 1 heterocycles. The quantitative estimate of drug-likeness (QED) is 0.837. The Bertz CT molecular complexity index is 698. The van der Waals surface area contributed by atoms with Crippen molar-refractivity contribution in [1.29, 1.82) is 0 Å². The van der Waals surface area contributed by atoms with Gasteiger partial charge in [0.1, 0.15) is 0 Å². The predicted molar refractivity (Wildman–Crippen MR) is 95.3 cm³/mol. The minimum Gasteiger partial charge on any atom is -0.341 e. The van der Waals surface area contributed by atoms with Gasteiger partial charge in [-0.25, -0.2) is 8.42 Å². The van der Waals surface area contributed by atoms with Gasteiger partial charge in [0.15, 0.2) is 0 Å². The summed E-state index contributed by atoms with van der Waals surface area (Å²) < 4.78 is 27.3. The number of benzene rings is 1. The molecule has 0 unspecified atom stereocenters. The summed E-state index contributed by atoms with van der Waals surface area (Å²) in [5.41, 5.74) is 2.05. The van der Waals surface area contributed by atoms with Crippen molar-refractivity contribution in [3.63, 3.8) is 0 Å². The Morgan fingerprint density at radius 1 is 1.08 bits per heavy atom. The first-order chi connectivity index (χ1) is 11.2. The molecule has 1 aliphatic rings. The van der Waals surface area contributed by atoms with Crippen LogP contribution in [-0.2, 0) is 14.8 Å². The van der Waals surface area contributed by atoms with Crippen molar-refractivity contribution in [3.05, 3.63) is 29.3 Å². The van der Waals surface area contributed by atoms with E-state index < -0.39 is 10.0 Å². The smallest absolute Gasteiger partial charge is 0.243 e. The molecule has 1 amide bonds. The van der Waals surface area contributed by atoms with Crippen LogP contribution in [-0.4, -0.2) is 49.7 Å². The normalized spacial score (nSPS) is 17.1. The summed E-state index contributed by atoms with van der Waals surface area (Å²) in [4.78, 5) is 14.4. The van der Waals surface area contributed by atoms with Gasteiger partial charge in [0.2, 0.25) is 15.9 Å². The van der Waals surface area contributed by atoms with Crippen LogP contribution < -0.4 is 0 Å². The van der Waals surface area contributed by atoms with Gasteiger partial charge in [-0.05, 0) is 49.4 Å². The van der Waals surface area contributed by atoms with Crippen LogP contribution in [0, 0.1) is 19.8 Å². The molecule has 1 aromatic rings. The average Bonchev–Trinajstić information content (AvgIpc) is 2.75. The zero-order valence-corrected chi connectivity index (χ0v) is 15.9. The van der Waals surface area contributed by atoms with Gasteiger partial charge in [-0.15, -0.1) is 0 Å².